The topological polar surface area (TPSA) is 20.2 Å². The molecule has 1 unspecified atom stereocenters. The third-order valence-electron chi connectivity index (χ3n) is 6.16. The van der Waals surface area contributed by atoms with E-state index in [0.717, 1.165) is 12.8 Å². The molecule has 2 aliphatic carbocycles. The van der Waals surface area contributed by atoms with Crippen LogP contribution in [-0.4, -0.2) is 5.11 Å². The molecule has 4 rings (SSSR count). The Morgan fingerprint density at radius 3 is 1.87 bits per heavy atom. The lowest BCUT2D eigenvalue weighted by atomic mass is 9.72. The van der Waals surface area contributed by atoms with Crippen molar-refractivity contribution in [1.29, 1.82) is 0 Å². The minimum absolute atomic E-state index is 0.0441. The summed E-state index contributed by atoms with van der Waals surface area (Å²) in [5.41, 5.74) is 7.40. The first-order chi connectivity index (χ1) is 10.7. The predicted octanol–water partition coefficient (Wildman–Crippen LogP) is 5.35. The molecule has 1 N–H and O–H groups in total. The van der Waals surface area contributed by atoms with Gasteiger partial charge >= 0.3 is 0 Å². The number of aromatic hydroxyl groups is 1. The zero-order valence-corrected chi connectivity index (χ0v) is 14.8. The van der Waals surface area contributed by atoms with Gasteiger partial charge in [0.05, 0.1) is 0 Å². The van der Waals surface area contributed by atoms with Gasteiger partial charge in [0.25, 0.3) is 0 Å². The molecule has 0 aliphatic heterocycles. The smallest absolute Gasteiger partial charge is 0.115 e. The zero-order chi connectivity index (χ0) is 16.6. The molecule has 0 fully saturated rings. The molecule has 2 aromatic rings. The van der Waals surface area contributed by atoms with Crippen LogP contribution in [0.15, 0.2) is 36.4 Å². The summed E-state index contributed by atoms with van der Waals surface area (Å²) in [6.07, 6.45) is 2.25. The predicted molar refractivity (Wildman–Crippen MR) is 95.4 cm³/mol. The Kier molecular flexibility index (Phi) is 2.70. The highest BCUT2D eigenvalue weighted by molar-refractivity contribution is 5.61. The summed E-state index contributed by atoms with van der Waals surface area (Å²) in [5.74, 6) is 0.389. The van der Waals surface area contributed by atoms with Crippen LogP contribution in [0.25, 0.3) is 0 Å². The summed E-state index contributed by atoms with van der Waals surface area (Å²) in [4.78, 5) is 0. The Labute approximate surface area is 139 Å². The fraction of sp³-hybridized carbons (Fsp3) is 0.455. The summed E-state index contributed by atoms with van der Waals surface area (Å²) in [6, 6.07) is 13.0. The van der Waals surface area contributed by atoms with Crippen molar-refractivity contribution in [3.05, 3.63) is 64.2 Å². The van der Waals surface area contributed by atoms with Crippen molar-refractivity contribution in [2.75, 3.05) is 0 Å². The van der Waals surface area contributed by atoms with E-state index in [9.17, 15) is 5.11 Å². The third kappa shape index (κ3) is 1.86. The standard InChI is InChI=1S/C22H26O/c1-14-6-8-16-18(10-14)22(12-20(16,2)3)13-21(4,5)17-9-7-15(23)11-19(17)22/h6-11,23H,12-13H2,1-5H3. The fourth-order valence-corrected chi connectivity index (χ4v) is 5.45. The Morgan fingerprint density at radius 1 is 0.739 bits per heavy atom. The number of benzene rings is 2. The van der Waals surface area contributed by atoms with Crippen molar-refractivity contribution in [2.45, 2.75) is 63.7 Å². The Bertz CT molecular complexity index is 741. The molecule has 1 heteroatoms. The zero-order valence-electron chi connectivity index (χ0n) is 14.8. The Hall–Kier alpha value is -1.76. The first-order valence-electron chi connectivity index (χ1n) is 8.61. The second kappa shape index (κ2) is 4.20. The molecule has 23 heavy (non-hydrogen) atoms. The highest BCUT2D eigenvalue weighted by Gasteiger charge is 2.56. The third-order valence-corrected chi connectivity index (χ3v) is 6.16. The van der Waals surface area contributed by atoms with E-state index in [1.54, 1.807) is 0 Å². The molecule has 1 spiro atoms. The maximum Gasteiger partial charge on any atom is 0.115 e. The number of rotatable bonds is 0. The molecule has 0 saturated heterocycles. The van der Waals surface area contributed by atoms with Crippen LogP contribution in [0.2, 0.25) is 0 Å². The summed E-state index contributed by atoms with van der Waals surface area (Å²) in [5, 5.41) is 10.1. The van der Waals surface area contributed by atoms with Crippen molar-refractivity contribution in [3.63, 3.8) is 0 Å². The Morgan fingerprint density at radius 2 is 1.26 bits per heavy atom. The normalized spacial score (nSPS) is 26.3. The van der Waals surface area contributed by atoms with Crippen LogP contribution in [0.5, 0.6) is 5.75 Å². The monoisotopic (exact) mass is 306 g/mol. The summed E-state index contributed by atoms with van der Waals surface area (Å²) in [6.45, 7) is 11.6. The Balaban J connectivity index is 2.06. The van der Waals surface area contributed by atoms with E-state index in [1.165, 1.54) is 27.8 Å². The van der Waals surface area contributed by atoms with Crippen LogP contribution >= 0.6 is 0 Å². The molecule has 2 aliphatic rings. The van der Waals surface area contributed by atoms with Gasteiger partial charge in [0.2, 0.25) is 0 Å². The molecule has 0 aromatic heterocycles. The molecule has 0 radical (unpaired) electrons. The number of aryl methyl sites for hydroxylation is 1. The van der Waals surface area contributed by atoms with Crippen LogP contribution < -0.4 is 0 Å². The van der Waals surface area contributed by atoms with E-state index < -0.39 is 0 Å². The molecule has 1 atom stereocenters. The van der Waals surface area contributed by atoms with Crippen molar-refractivity contribution >= 4 is 0 Å². The number of phenolic OH excluding ortho intramolecular Hbond substituents is 1. The van der Waals surface area contributed by atoms with Gasteiger partial charge in [0.1, 0.15) is 5.75 Å². The molecule has 120 valence electrons. The molecule has 0 heterocycles. The van der Waals surface area contributed by atoms with Gasteiger partial charge in [-0.05, 0) is 65.0 Å². The van der Waals surface area contributed by atoms with Crippen LogP contribution in [0.1, 0.15) is 68.4 Å². The van der Waals surface area contributed by atoms with E-state index in [2.05, 4.69) is 58.9 Å². The average molecular weight is 306 g/mol. The van der Waals surface area contributed by atoms with Gasteiger partial charge in [0.15, 0.2) is 0 Å². The van der Waals surface area contributed by atoms with Crippen molar-refractivity contribution in [2.24, 2.45) is 0 Å². The lowest BCUT2D eigenvalue weighted by molar-refractivity contribution is 0.349. The van der Waals surface area contributed by atoms with Crippen molar-refractivity contribution in [3.8, 4) is 5.75 Å². The molecule has 1 nitrogen and oxygen atoms in total. The maximum atomic E-state index is 10.1. The van der Waals surface area contributed by atoms with E-state index in [0.29, 0.717) is 5.75 Å². The average Bonchev–Trinajstić information content (AvgIpc) is 2.78. The molecule has 0 bridgehead atoms. The molecule has 0 saturated carbocycles. The molecular formula is C22H26O. The highest BCUT2D eigenvalue weighted by atomic mass is 16.3. The molecular weight excluding hydrogens is 280 g/mol. The first-order valence-corrected chi connectivity index (χ1v) is 8.61. The van der Waals surface area contributed by atoms with Crippen LogP contribution in [0.3, 0.4) is 0 Å². The van der Waals surface area contributed by atoms with Gasteiger partial charge < -0.3 is 5.11 Å². The summed E-state index contributed by atoms with van der Waals surface area (Å²) >= 11 is 0. The van der Waals surface area contributed by atoms with E-state index in [4.69, 9.17) is 0 Å². The number of hydrogen-bond acceptors (Lipinski definition) is 1. The summed E-state index contributed by atoms with van der Waals surface area (Å²) < 4.78 is 0. The van der Waals surface area contributed by atoms with Crippen LogP contribution in [0, 0.1) is 6.92 Å². The van der Waals surface area contributed by atoms with Gasteiger partial charge in [0, 0.05) is 5.41 Å². The number of phenols is 1. The number of fused-ring (bicyclic) bond motifs is 4. The van der Waals surface area contributed by atoms with Gasteiger partial charge in [-0.15, -0.1) is 0 Å². The van der Waals surface area contributed by atoms with Gasteiger partial charge in [-0.3, -0.25) is 0 Å². The van der Waals surface area contributed by atoms with Gasteiger partial charge in [-0.1, -0.05) is 57.5 Å². The summed E-state index contributed by atoms with van der Waals surface area (Å²) in [7, 11) is 0. The van der Waals surface area contributed by atoms with Crippen molar-refractivity contribution < 1.29 is 5.11 Å². The second-order valence-electron chi connectivity index (χ2n) is 8.98. The van der Waals surface area contributed by atoms with Crippen LogP contribution in [-0.2, 0) is 16.2 Å². The largest absolute Gasteiger partial charge is 0.508 e. The quantitative estimate of drug-likeness (QED) is 0.695. The van der Waals surface area contributed by atoms with Crippen molar-refractivity contribution in [1.82, 2.24) is 0 Å². The first kappa shape index (κ1) is 14.8. The second-order valence-corrected chi connectivity index (χ2v) is 8.98. The van der Waals surface area contributed by atoms with Gasteiger partial charge in [-0.2, -0.15) is 0 Å². The molecule has 0 amide bonds. The van der Waals surface area contributed by atoms with E-state index in [-0.39, 0.29) is 16.2 Å². The lowest BCUT2D eigenvalue weighted by Crippen LogP contribution is -2.27. The number of hydrogen-bond donors (Lipinski definition) is 1. The van der Waals surface area contributed by atoms with E-state index >= 15 is 0 Å². The lowest BCUT2D eigenvalue weighted by Gasteiger charge is -2.30. The highest BCUT2D eigenvalue weighted by Crippen LogP contribution is 2.63. The fourth-order valence-electron chi connectivity index (χ4n) is 5.45. The van der Waals surface area contributed by atoms with Crippen LogP contribution in [0.4, 0.5) is 0 Å². The SMILES string of the molecule is Cc1ccc2c(c1)C1(CC2(C)C)CC(C)(C)c2ccc(O)cc21. The minimum Gasteiger partial charge on any atom is -0.508 e. The van der Waals surface area contributed by atoms with Gasteiger partial charge in [-0.25, -0.2) is 0 Å². The minimum atomic E-state index is 0.0441. The maximum absolute atomic E-state index is 10.1. The molecule has 2 aromatic carbocycles. The van der Waals surface area contributed by atoms with E-state index in [1.807, 2.05) is 12.1 Å².